The molecule has 0 spiro atoms. The van der Waals surface area contributed by atoms with Gasteiger partial charge in [-0.3, -0.25) is 0 Å². The highest BCUT2D eigenvalue weighted by atomic mass is 19.4. The quantitative estimate of drug-likeness (QED) is 0.830. The summed E-state index contributed by atoms with van der Waals surface area (Å²) in [5, 5.41) is 5.94. The summed E-state index contributed by atoms with van der Waals surface area (Å²) in [4.78, 5) is 16.4. The molecule has 7 nitrogen and oxygen atoms in total. The van der Waals surface area contributed by atoms with E-state index < -0.39 is 18.4 Å². The van der Waals surface area contributed by atoms with Gasteiger partial charge < -0.3 is 10.6 Å². The van der Waals surface area contributed by atoms with Crippen molar-refractivity contribution in [2.75, 3.05) is 24.5 Å². The Morgan fingerprint density at radius 3 is 2.80 bits per heavy atom. The van der Waals surface area contributed by atoms with Crippen molar-refractivity contribution in [1.82, 2.24) is 19.6 Å². The van der Waals surface area contributed by atoms with E-state index in [1.165, 1.54) is 17.4 Å². The molecule has 3 N–H and O–H groups in total. The molecule has 0 bridgehead atoms. The number of aryl methyl sites for hydroxylation is 1. The van der Waals surface area contributed by atoms with E-state index in [-0.39, 0.29) is 30.4 Å². The summed E-state index contributed by atoms with van der Waals surface area (Å²) in [6.07, 6.45) is -4.37. The van der Waals surface area contributed by atoms with E-state index >= 15 is 0 Å². The highest BCUT2D eigenvalue weighted by Gasteiger charge is 2.31. The summed E-state index contributed by atoms with van der Waals surface area (Å²) in [6, 6.07) is 1.31. The molecule has 0 saturated carbocycles. The summed E-state index contributed by atoms with van der Waals surface area (Å²) in [5.41, 5.74) is 5.05. The zero-order valence-electron chi connectivity index (χ0n) is 10.6. The van der Waals surface area contributed by atoms with Gasteiger partial charge in [-0.05, 0) is 6.92 Å². The number of nitrogens with zero attached hydrogens (tertiary/aromatic N) is 4. The Balaban J connectivity index is 2.45. The van der Waals surface area contributed by atoms with Gasteiger partial charge in [0.2, 0.25) is 0 Å². The van der Waals surface area contributed by atoms with Crippen LogP contribution in [0.3, 0.4) is 0 Å². The van der Waals surface area contributed by atoms with Crippen LogP contribution in [-0.2, 0) is 0 Å². The normalized spacial score (nSPS) is 12.1. The predicted molar refractivity (Wildman–Crippen MR) is 65.7 cm³/mol. The smallest absolute Gasteiger partial charge is 0.346 e. The average molecular weight is 290 g/mol. The number of hydrogen-bond donors (Lipinski definition) is 2. The van der Waals surface area contributed by atoms with Gasteiger partial charge in [-0.25, -0.2) is 19.3 Å². The molecule has 0 amide bonds. The number of hydrogen-bond acceptors (Lipinski definition) is 5. The first-order chi connectivity index (χ1) is 9.31. The van der Waals surface area contributed by atoms with Gasteiger partial charge in [0.05, 0.1) is 0 Å². The monoisotopic (exact) mass is 290 g/mol. The van der Waals surface area contributed by atoms with Crippen LogP contribution < -0.4 is 16.3 Å². The molecular formula is C10H13F3N6O. The number of nitrogens with one attached hydrogen (secondary N) is 1. The molecule has 0 aromatic carbocycles. The number of nitrogens with two attached hydrogens (primary N) is 1. The highest BCUT2D eigenvalue weighted by Crippen LogP contribution is 2.21. The van der Waals surface area contributed by atoms with Crippen LogP contribution in [0.15, 0.2) is 10.9 Å². The lowest BCUT2D eigenvalue weighted by molar-refractivity contribution is -0.119. The van der Waals surface area contributed by atoms with E-state index in [1.807, 2.05) is 0 Å². The fourth-order valence-corrected chi connectivity index (χ4v) is 1.89. The van der Waals surface area contributed by atoms with E-state index in [2.05, 4.69) is 15.2 Å². The maximum atomic E-state index is 12.5. The van der Waals surface area contributed by atoms with Crippen LogP contribution in [0, 0.1) is 6.92 Å². The largest absolute Gasteiger partial charge is 0.405 e. The van der Waals surface area contributed by atoms with Crippen LogP contribution >= 0.6 is 0 Å². The number of fused-ring (bicyclic) bond motifs is 1. The van der Waals surface area contributed by atoms with Crippen molar-refractivity contribution < 1.29 is 13.2 Å². The number of aromatic amines is 1. The highest BCUT2D eigenvalue weighted by molar-refractivity contribution is 5.51. The van der Waals surface area contributed by atoms with Crippen molar-refractivity contribution in [1.29, 1.82) is 0 Å². The number of H-pyrrole nitrogens is 1. The minimum Gasteiger partial charge on any atom is -0.346 e. The molecule has 110 valence electrons. The summed E-state index contributed by atoms with van der Waals surface area (Å²) in [7, 11) is 0. The zero-order chi connectivity index (χ0) is 14.9. The Bertz CT molecular complexity index is 661. The predicted octanol–water partition coefficient (Wildman–Crippen LogP) is 0.0534. The van der Waals surface area contributed by atoms with Crippen LogP contribution in [0.4, 0.5) is 19.0 Å². The van der Waals surface area contributed by atoms with Crippen LogP contribution in [0.25, 0.3) is 5.65 Å². The van der Waals surface area contributed by atoms with E-state index in [4.69, 9.17) is 5.73 Å². The third-order valence-electron chi connectivity index (χ3n) is 2.65. The van der Waals surface area contributed by atoms with Crippen LogP contribution in [0.1, 0.15) is 5.82 Å². The van der Waals surface area contributed by atoms with E-state index in [0.717, 1.165) is 4.90 Å². The fraction of sp³-hybridized carbons (Fsp3) is 0.500. The molecule has 0 aliphatic carbocycles. The first-order valence-corrected chi connectivity index (χ1v) is 5.78. The van der Waals surface area contributed by atoms with Crippen molar-refractivity contribution in [3.63, 3.8) is 0 Å². The minimum atomic E-state index is -4.37. The molecule has 0 radical (unpaired) electrons. The van der Waals surface area contributed by atoms with Crippen LogP contribution in [0.2, 0.25) is 0 Å². The van der Waals surface area contributed by atoms with Crippen molar-refractivity contribution in [2.45, 2.75) is 13.1 Å². The molecule has 2 rings (SSSR count). The molecule has 20 heavy (non-hydrogen) atoms. The van der Waals surface area contributed by atoms with Gasteiger partial charge in [0, 0.05) is 19.2 Å². The van der Waals surface area contributed by atoms with Crippen LogP contribution in [0.5, 0.6) is 0 Å². The molecule has 2 aromatic heterocycles. The summed E-state index contributed by atoms with van der Waals surface area (Å²) < 4.78 is 38.8. The number of halogens is 3. The third kappa shape index (κ3) is 2.90. The van der Waals surface area contributed by atoms with Gasteiger partial charge in [-0.15, -0.1) is 0 Å². The standard InChI is InChI=1S/C10H13F3N6O/c1-6-15-7(4-8-16-17-9(20)19(6)8)18(3-2-14)5-10(11,12)13/h4H,2-3,5,14H2,1H3,(H,17,20). The lowest BCUT2D eigenvalue weighted by atomic mass is 10.4. The SMILES string of the molecule is Cc1nc(N(CCN)CC(F)(F)F)cc2n[nH]c(=O)n12. The summed E-state index contributed by atoms with van der Waals surface area (Å²) >= 11 is 0. The Hall–Kier alpha value is -2.10. The Labute approximate surface area is 111 Å². The summed E-state index contributed by atoms with van der Waals surface area (Å²) in [5.74, 6) is 0.331. The van der Waals surface area contributed by atoms with Crippen molar-refractivity contribution in [2.24, 2.45) is 5.73 Å². The van der Waals surface area contributed by atoms with E-state index in [9.17, 15) is 18.0 Å². The molecule has 0 saturated heterocycles. The van der Waals surface area contributed by atoms with Crippen molar-refractivity contribution in [3.8, 4) is 0 Å². The van der Waals surface area contributed by atoms with Gasteiger partial charge in [0.25, 0.3) is 0 Å². The topological polar surface area (TPSA) is 92.3 Å². The number of rotatable bonds is 4. The molecule has 2 aromatic rings. The molecule has 0 atom stereocenters. The number of alkyl halides is 3. The van der Waals surface area contributed by atoms with Gasteiger partial charge in [-0.2, -0.15) is 18.3 Å². The summed E-state index contributed by atoms with van der Waals surface area (Å²) in [6.45, 7) is 0.398. The molecule has 2 heterocycles. The first-order valence-electron chi connectivity index (χ1n) is 5.78. The second kappa shape index (κ2) is 5.12. The van der Waals surface area contributed by atoms with E-state index in [0.29, 0.717) is 0 Å². The first kappa shape index (κ1) is 14.3. The van der Waals surface area contributed by atoms with Gasteiger partial charge in [0.15, 0.2) is 5.65 Å². The Morgan fingerprint density at radius 2 is 2.20 bits per heavy atom. The average Bonchev–Trinajstić information content (AvgIpc) is 2.69. The maximum absolute atomic E-state index is 12.5. The third-order valence-corrected chi connectivity index (χ3v) is 2.65. The second-order valence-electron chi connectivity index (χ2n) is 4.21. The minimum absolute atomic E-state index is 0.00320. The number of anilines is 1. The molecule has 0 aliphatic heterocycles. The van der Waals surface area contributed by atoms with Crippen LogP contribution in [-0.4, -0.2) is 45.4 Å². The molecular weight excluding hydrogens is 277 g/mol. The molecule has 0 aliphatic rings. The number of aromatic nitrogens is 4. The van der Waals surface area contributed by atoms with Gasteiger partial charge >= 0.3 is 11.9 Å². The van der Waals surface area contributed by atoms with Crippen molar-refractivity contribution in [3.05, 3.63) is 22.4 Å². The molecule has 10 heteroatoms. The van der Waals surface area contributed by atoms with Gasteiger partial charge in [-0.1, -0.05) is 0 Å². The zero-order valence-corrected chi connectivity index (χ0v) is 10.6. The Kier molecular flexibility index (Phi) is 3.66. The maximum Gasteiger partial charge on any atom is 0.405 e. The second-order valence-corrected chi connectivity index (χ2v) is 4.21. The molecule has 0 fully saturated rings. The van der Waals surface area contributed by atoms with Gasteiger partial charge in [0.1, 0.15) is 18.2 Å². The van der Waals surface area contributed by atoms with E-state index in [1.54, 1.807) is 0 Å². The lowest BCUT2D eigenvalue weighted by Crippen LogP contribution is -2.38. The fourth-order valence-electron chi connectivity index (χ4n) is 1.89. The molecule has 0 unspecified atom stereocenters. The lowest BCUT2D eigenvalue weighted by Gasteiger charge is -2.24. The van der Waals surface area contributed by atoms with Crippen molar-refractivity contribution >= 4 is 11.5 Å². The Morgan fingerprint density at radius 1 is 1.50 bits per heavy atom.